The van der Waals surface area contributed by atoms with Crippen molar-refractivity contribution in [3.05, 3.63) is 18.0 Å². The van der Waals surface area contributed by atoms with Crippen molar-refractivity contribution in [2.75, 3.05) is 7.05 Å². The van der Waals surface area contributed by atoms with E-state index in [9.17, 15) is 13.2 Å². The van der Waals surface area contributed by atoms with E-state index in [0.29, 0.717) is 5.69 Å². The van der Waals surface area contributed by atoms with E-state index < -0.39 is 9.05 Å². The number of carbonyl (C=O) groups is 1. The summed E-state index contributed by atoms with van der Waals surface area (Å²) < 4.78 is 24.7. The van der Waals surface area contributed by atoms with Crippen LogP contribution in [0, 0.1) is 0 Å². The highest BCUT2D eigenvalue weighted by atomic mass is 35.7. The second-order valence-electron chi connectivity index (χ2n) is 5.64. The molecule has 0 aliphatic heterocycles. The predicted octanol–water partition coefficient (Wildman–Crippen LogP) is 2.38. The smallest absolute Gasteiger partial charge is 0.270 e. The lowest BCUT2D eigenvalue weighted by Crippen LogP contribution is -2.41. The summed E-state index contributed by atoms with van der Waals surface area (Å²) in [6.07, 6.45) is 6.63. The van der Waals surface area contributed by atoms with Gasteiger partial charge in [0.15, 0.2) is 0 Å². The lowest BCUT2D eigenvalue weighted by atomic mass is 9.92. The molecule has 1 amide bonds. The minimum atomic E-state index is -3.80. The summed E-state index contributed by atoms with van der Waals surface area (Å²) in [5.41, 5.74) is 0.432. The number of carbonyl (C=O) groups excluding carboxylic acids is 1. The van der Waals surface area contributed by atoms with E-state index in [1.807, 2.05) is 0 Å². The monoisotopic (exact) mass is 316 g/mol. The van der Waals surface area contributed by atoms with Crippen LogP contribution in [0.15, 0.2) is 17.2 Å². The minimum Gasteiger partial charge on any atom is -0.339 e. The summed E-state index contributed by atoms with van der Waals surface area (Å²) in [5.74, 6) is -0.117. The van der Waals surface area contributed by atoms with E-state index in [1.165, 1.54) is 12.3 Å². The molecule has 7 heteroatoms. The van der Waals surface area contributed by atoms with Crippen molar-refractivity contribution < 1.29 is 13.2 Å². The molecule has 2 saturated carbocycles. The average Bonchev–Trinajstić information content (AvgIpc) is 3.03. The number of amides is 1. The molecule has 20 heavy (non-hydrogen) atoms. The lowest BCUT2D eigenvalue weighted by Gasteiger charge is -2.34. The van der Waals surface area contributed by atoms with Crippen LogP contribution in [-0.2, 0) is 9.05 Å². The van der Waals surface area contributed by atoms with Gasteiger partial charge in [-0.1, -0.05) is 0 Å². The fourth-order valence-electron chi connectivity index (χ4n) is 2.53. The molecule has 1 aromatic heterocycles. The molecule has 2 aliphatic rings. The van der Waals surface area contributed by atoms with E-state index in [0.717, 1.165) is 32.1 Å². The van der Waals surface area contributed by atoms with Gasteiger partial charge in [0.1, 0.15) is 10.6 Å². The second-order valence-corrected chi connectivity index (χ2v) is 8.20. The predicted molar refractivity (Wildman–Crippen MR) is 75.5 cm³/mol. The number of hydrogen-bond donors (Lipinski definition) is 0. The molecule has 3 rings (SSSR count). The Morgan fingerprint density at radius 1 is 1.35 bits per heavy atom. The highest BCUT2D eigenvalue weighted by molar-refractivity contribution is 8.13. The summed E-state index contributed by atoms with van der Waals surface area (Å²) >= 11 is 0. The maximum absolute atomic E-state index is 12.5. The Hall–Kier alpha value is -1.01. The fraction of sp³-hybridized carbons (Fsp3) is 0.615. The zero-order valence-electron chi connectivity index (χ0n) is 11.3. The van der Waals surface area contributed by atoms with Gasteiger partial charge in [-0.25, -0.2) is 8.42 Å². The zero-order chi connectivity index (χ0) is 14.5. The molecule has 0 unspecified atom stereocenters. The van der Waals surface area contributed by atoms with Gasteiger partial charge < -0.3 is 9.47 Å². The van der Waals surface area contributed by atoms with Crippen molar-refractivity contribution >= 4 is 25.6 Å². The first-order valence-electron chi connectivity index (χ1n) is 6.81. The van der Waals surface area contributed by atoms with Crippen LogP contribution >= 0.6 is 10.7 Å². The van der Waals surface area contributed by atoms with Crippen molar-refractivity contribution in [1.82, 2.24) is 9.47 Å². The topological polar surface area (TPSA) is 59.4 Å². The molecule has 110 valence electrons. The molecule has 5 nitrogen and oxygen atoms in total. The largest absolute Gasteiger partial charge is 0.339 e. The number of aromatic nitrogens is 1. The Labute approximate surface area is 122 Å². The molecule has 0 N–H and O–H groups in total. The van der Waals surface area contributed by atoms with Gasteiger partial charge in [0.05, 0.1) is 0 Å². The summed E-state index contributed by atoms with van der Waals surface area (Å²) in [6.45, 7) is 0. The number of nitrogens with zero attached hydrogens (tertiary/aromatic N) is 2. The van der Waals surface area contributed by atoms with Gasteiger partial charge in [0, 0.05) is 36.0 Å². The summed E-state index contributed by atoms with van der Waals surface area (Å²) in [6, 6.07) is 1.91. The van der Waals surface area contributed by atoms with Crippen LogP contribution in [0.2, 0.25) is 0 Å². The van der Waals surface area contributed by atoms with Gasteiger partial charge in [-0.3, -0.25) is 4.79 Å². The first kappa shape index (κ1) is 13.9. The van der Waals surface area contributed by atoms with Crippen LogP contribution in [0.5, 0.6) is 0 Å². The SMILES string of the molecule is CN(C(=O)c1cc(S(=O)(=O)Cl)cn1C1CC1)C1CCC1. The van der Waals surface area contributed by atoms with Crippen molar-refractivity contribution in [1.29, 1.82) is 0 Å². The molecule has 0 atom stereocenters. The van der Waals surface area contributed by atoms with Gasteiger partial charge in [0.25, 0.3) is 15.0 Å². The molecule has 0 radical (unpaired) electrons. The quantitative estimate of drug-likeness (QED) is 0.801. The summed E-state index contributed by atoms with van der Waals surface area (Å²) in [4.78, 5) is 14.3. The number of hydrogen-bond acceptors (Lipinski definition) is 3. The average molecular weight is 317 g/mol. The highest BCUT2D eigenvalue weighted by Gasteiger charge is 2.33. The van der Waals surface area contributed by atoms with Gasteiger partial charge >= 0.3 is 0 Å². The molecule has 2 aliphatic carbocycles. The zero-order valence-corrected chi connectivity index (χ0v) is 12.8. The minimum absolute atomic E-state index is 0.0106. The third-order valence-corrected chi connectivity index (χ3v) is 5.53. The van der Waals surface area contributed by atoms with Gasteiger partial charge in [-0.2, -0.15) is 0 Å². The van der Waals surface area contributed by atoms with Crippen molar-refractivity contribution in [2.24, 2.45) is 0 Å². The molecule has 0 aromatic carbocycles. The van der Waals surface area contributed by atoms with Crippen LogP contribution in [0.4, 0.5) is 0 Å². The summed E-state index contributed by atoms with van der Waals surface area (Å²) in [7, 11) is 3.37. The van der Waals surface area contributed by atoms with Crippen molar-refractivity contribution in [3.8, 4) is 0 Å². The first-order valence-corrected chi connectivity index (χ1v) is 9.12. The molecule has 1 aromatic rings. The molecule has 1 heterocycles. The van der Waals surface area contributed by atoms with Crippen LogP contribution in [-0.4, -0.2) is 36.9 Å². The second kappa shape index (κ2) is 4.77. The van der Waals surface area contributed by atoms with E-state index in [1.54, 1.807) is 16.5 Å². The van der Waals surface area contributed by atoms with E-state index in [4.69, 9.17) is 10.7 Å². The molecule has 2 fully saturated rings. The third-order valence-electron chi connectivity index (χ3n) is 4.21. The molecule has 0 bridgehead atoms. The Kier molecular flexibility index (Phi) is 3.33. The van der Waals surface area contributed by atoms with E-state index >= 15 is 0 Å². The standard InChI is InChI=1S/C13H17ClN2O3S/c1-15(9-3-2-4-9)13(17)12-7-11(20(14,18)19)8-16(12)10-5-6-10/h7-10H,2-6H2,1H3. The molecular formula is C13H17ClN2O3S. The van der Waals surface area contributed by atoms with Crippen molar-refractivity contribution in [2.45, 2.75) is 49.1 Å². The van der Waals surface area contributed by atoms with Gasteiger partial charge in [-0.15, -0.1) is 0 Å². The van der Waals surface area contributed by atoms with Crippen molar-refractivity contribution in [3.63, 3.8) is 0 Å². The Bertz CT molecular complexity index is 645. The maximum Gasteiger partial charge on any atom is 0.270 e. The lowest BCUT2D eigenvalue weighted by molar-refractivity contribution is 0.0641. The van der Waals surface area contributed by atoms with E-state index in [2.05, 4.69) is 0 Å². The molecular weight excluding hydrogens is 300 g/mol. The first-order chi connectivity index (χ1) is 9.38. The molecule has 0 saturated heterocycles. The van der Waals surface area contributed by atoms with Crippen LogP contribution in [0.25, 0.3) is 0 Å². The third kappa shape index (κ3) is 2.46. The maximum atomic E-state index is 12.5. The molecule has 0 spiro atoms. The van der Waals surface area contributed by atoms with Crippen LogP contribution in [0.1, 0.15) is 48.6 Å². The van der Waals surface area contributed by atoms with Crippen LogP contribution < -0.4 is 0 Å². The Morgan fingerprint density at radius 3 is 2.45 bits per heavy atom. The Balaban J connectivity index is 1.94. The highest BCUT2D eigenvalue weighted by Crippen LogP contribution is 2.38. The Morgan fingerprint density at radius 2 is 2.00 bits per heavy atom. The van der Waals surface area contributed by atoms with E-state index in [-0.39, 0.29) is 22.9 Å². The normalized spacial score (nSPS) is 19.7. The van der Waals surface area contributed by atoms with Gasteiger partial charge in [0.2, 0.25) is 0 Å². The fourth-order valence-corrected chi connectivity index (χ4v) is 3.28. The number of rotatable bonds is 4. The van der Waals surface area contributed by atoms with Gasteiger partial charge in [-0.05, 0) is 38.2 Å². The van der Waals surface area contributed by atoms with Crippen LogP contribution in [0.3, 0.4) is 0 Å². The summed E-state index contributed by atoms with van der Waals surface area (Å²) in [5, 5.41) is 0. The number of halogens is 1.